The zero-order valence-electron chi connectivity index (χ0n) is 20.5. The molecule has 0 aromatic heterocycles. The minimum absolute atomic E-state index is 0.0948. The second-order valence-corrected chi connectivity index (χ2v) is 8.99. The van der Waals surface area contributed by atoms with E-state index >= 15 is 0 Å². The molecule has 2 aromatic carbocycles. The van der Waals surface area contributed by atoms with Gasteiger partial charge in [0.15, 0.2) is 0 Å². The van der Waals surface area contributed by atoms with E-state index in [0.29, 0.717) is 12.0 Å². The van der Waals surface area contributed by atoms with Gasteiger partial charge in [-0.3, -0.25) is 9.59 Å². The zero-order valence-corrected chi connectivity index (χ0v) is 20.5. The summed E-state index contributed by atoms with van der Waals surface area (Å²) in [6.45, 7) is 4.30. The van der Waals surface area contributed by atoms with Crippen LogP contribution in [0.15, 0.2) is 54.6 Å². The number of nitrogens with two attached hydrogens (primary N) is 1. The molecule has 0 saturated carbocycles. The number of esters is 3. The third-order valence-electron chi connectivity index (χ3n) is 4.93. The molecule has 2 aromatic rings. The highest BCUT2D eigenvalue weighted by atomic mass is 16.6. The molecule has 0 aliphatic rings. The Bertz CT molecular complexity index is 1030. The summed E-state index contributed by atoms with van der Waals surface area (Å²) >= 11 is 0. The fraction of sp³-hybridized carbons (Fsp3) is 0.385. The Hall–Kier alpha value is -3.72. The number of hydrogen-bond donors (Lipinski definition) is 2. The van der Waals surface area contributed by atoms with E-state index in [2.05, 4.69) is 10.1 Å². The third-order valence-corrected chi connectivity index (χ3v) is 4.93. The van der Waals surface area contributed by atoms with Crippen LogP contribution in [0.1, 0.15) is 48.7 Å². The number of aryl methyl sites for hydroxylation is 1. The van der Waals surface area contributed by atoms with E-state index < -0.39 is 35.5 Å². The molecule has 0 fully saturated rings. The minimum atomic E-state index is -2.25. The highest BCUT2D eigenvalue weighted by molar-refractivity contribution is 6.06. The molecule has 9 heteroatoms. The van der Waals surface area contributed by atoms with Crippen LogP contribution >= 0.6 is 0 Å². The van der Waals surface area contributed by atoms with Crippen molar-refractivity contribution in [2.45, 2.75) is 51.4 Å². The lowest BCUT2D eigenvalue weighted by atomic mass is 10.00. The molecule has 1 atom stereocenters. The molecule has 0 heterocycles. The molecule has 0 spiro atoms. The molecule has 35 heavy (non-hydrogen) atoms. The Morgan fingerprint density at radius 2 is 1.51 bits per heavy atom. The molecular formula is C26H32N2O7. The summed E-state index contributed by atoms with van der Waals surface area (Å²) in [5, 5.41) is 2.52. The van der Waals surface area contributed by atoms with Gasteiger partial charge >= 0.3 is 17.9 Å². The Morgan fingerprint density at radius 3 is 2.09 bits per heavy atom. The molecule has 2 rings (SSSR count). The normalized spacial score (nSPS) is 12.7. The van der Waals surface area contributed by atoms with Crippen molar-refractivity contribution in [3.8, 4) is 0 Å². The number of amides is 1. The standard InChI is InChI=1S/C26H32N2O7/c1-25(2,3)35-24(32)26(27,23(31)34-16-19-8-6-5-7-9-19)17-28-22(30)20-13-10-18(11-14-20)12-15-21(29)33-4/h5-11,13-14H,12,15-17,27H2,1-4H3,(H,28,30). The topological polar surface area (TPSA) is 134 Å². The monoisotopic (exact) mass is 484 g/mol. The predicted octanol–water partition coefficient (Wildman–Crippen LogP) is 2.30. The molecule has 1 amide bonds. The van der Waals surface area contributed by atoms with Gasteiger partial charge in [0.1, 0.15) is 12.2 Å². The van der Waals surface area contributed by atoms with Gasteiger partial charge in [-0.15, -0.1) is 0 Å². The summed E-state index contributed by atoms with van der Waals surface area (Å²) in [7, 11) is 1.32. The van der Waals surface area contributed by atoms with E-state index in [1.807, 2.05) is 6.07 Å². The second kappa shape index (κ2) is 12.1. The van der Waals surface area contributed by atoms with Crippen LogP contribution in [-0.4, -0.2) is 48.6 Å². The van der Waals surface area contributed by atoms with Crippen LogP contribution in [0.4, 0.5) is 0 Å². The van der Waals surface area contributed by atoms with Crippen molar-refractivity contribution in [3.05, 3.63) is 71.3 Å². The molecule has 0 bridgehead atoms. The van der Waals surface area contributed by atoms with Crippen LogP contribution in [-0.2, 0) is 41.6 Å². The zero-order chi connectivity index (χ0) is 26.1. The SMILES string of the molecule is COC(=O)CCc1ccc(C(=O)NCC(N)(C(=O)OCc2ccccc2)C(=O)OC(C)(C)C)cc1. The van der Waals surface area contributed by atoms with Crippen LogP contribution in [0, 0.1) is 0 Å². The van der Waals surface area contributed by atoms with Crippen molar-refractivity contribution in [3.63, 3.8) is 0 Å². The Kier molecular flexibility index (Phi) is 9.53. The number of benzene rings is 2. The first-order valence-corrected chi connectivity index (χ1v) is 11.1. The lowest BCUT2D eigenvalue weighted by Crippen LogP contribution is -2.63. The van der Waals surface area contributed by atoms with E-state index in [1.165, 1.54) is 7.11 Å². The number of nitrogens with one attached hydrogen (secondary N) is 1. The number of carbonyl (C=O) groups excluding carboxylic acids is 4. The van der Waals surface area contributed by atoms with Gasteiger partial charge < -0.3 is 25.3 Å². The average Bonchev–Trinajstić information content (AvgIpc) is 2.83. The van der Waals surface area contributed by atoms with Gasteiger partial charge in [-0.2, -0.15) is 0 Å². The van der Waals surface area contributed by atoms with Crippen molar-refractivity contribution in [1.29, 1.82) is 0 Å². The second-order valence-electron chi connectivity index (χ2n) is 8.99. The highest BCUT2D eigenvalue weighted by Crippen LogP contribution is 2.16. The quantitative estimate of drug-likeness (QED) is 0.298. The van der Waals surface area contributed by atoms with E-state index in [4.69, 9.17) is 15.2 Å². The maximum Gasteiger partial charge on any atom is 0.340 e. The van der Waals surface area contributed by atoms with Gasteiger partial charge in [0.25, 0.3) is 5.91 Å². The maximum absolute atomic E-state index is 12.9. The third kappa shape index (κ3) is 8.53. The number of carbonyl (C=O) groups is 4. The molecule has 0 radical (unpaired) electrons. The summed E-state index contributed by atoms with van der Waals surface area (Å²) in [5.41, 5.74) is 4.86. The van der Waals surface area contributed by atoms with Crippen LogP contribution in [0.25, 0.3) is 0 Å². The van der Waals surface area contributed by atoms with Gasteiger partial charge in [0.2, 0.25) is 5.54 Å². The van der Waals surface area contributed by atoms with Crippen LogP contribution in [0.3, 0.4) is 0 Å². The summed E-state index contributed by atoms with van der Waals surface area (Å²) in [6.07, 6.45) is 0.686. The molecular weight excluding hydrogens is 452 g/mol. The molecule has 0 saturated heterocycles. The first-order valence-electron chi connectivity index (χ1n) is 11.1. The van der Waals surface area contributed by atoms with Gasteiger partial charge in [-0.1, -0.05) is 42.5 Å². The van der Waals surface area contributed by atoms with E-state index in [1.54, 1.807) is 69.3 Å². The lowest BCUT2D eigenvalue weighted by Gasteiger charge is -2.29. The van der Waals surface area contributed by atoms with Crippen molar-refractivity contribution >= 4 is 23.8 Å². The maximum atomic E-state index is 12.9. The lowest BCUT2D eigenvalue weighted by molar-refractivity contribution is -0.171. The fourth-order valence-corrected chi connectivity index (χ4v) is 2.94. The smallest absolute Gasteiger partial charge is 0.340 e. The van der Waals surface area contributed by atoms with Crippen LogP contribution in [0.2, 0.25) is 0 Å². The van der Waals surface area contributed by atoms with E-state index in [0.717, 1.165) is 5.56 Å². The Morgan fingerprint density at radius 1 is 0.886 bits per heavy atom. The number of hydrogen-bond acceptors (Lipinski definition) is 8. The van der Waals surface area contributed by atoms with Crippen LogP contribution < -0.4 is 11.1 Å². The molecule has 0 aliphatic carbocycles. The van der Waals surface area contributed by atoms with Gasteiger partial charge in [0, 0.05) is 12.0 Å². The molecule has 0 aliphatic heterocycles. The minimum Gasteiger partial charge on any atom is -0.469 e. The number of methoxy groups -OCH3 is 1. The number of rotatable bonds is 10. The average molecular weight is 485 g/mol. The summed E-state index contributed by atoms with van der Waals surface area (Å²) in [6, 6.07) is 15.5. The van der Waals surface area contributed by atoms with E-state index in [-0.39, 0.29) is 24.6 Å². The largest absolute Gasteiger partial charge is 0.469 e. The Labute approximate surface area is 204 Å². The van der Waals surface area contributed by atoms with Crippen molar-refractivity contribution in [2.75, 3.05) is 13.7 Å². The Balaban J connectivity index is 2.09. The fourth-order valence-electron chi connectivity index (χ4n) is 2.94. The number of ether oxygens (including phenoxy) is 3. The summed E-state index contributed by atoms with van der Waals surface area (Å²) in [5.74, 6) is -2.90. The van der Waals surface area contributed by atoms with Gasteiger partial charge in [0.05, 0.1) is 13.7 Å². The van der Waals surface area contributed by atoms with Crippen LogP contribution in [0.5, 0.6) is 0 Å². The molecule has 1 unspecified atom stereocenters. The molecule has 9 nitrogen and oxygen atoms in total. The molecule has 188 valence electrons. The predicted molar refractivity (Wildman–Crippen MR) is 128 cm³/mol. The first kappa shape index (κ1) is 27.5. The summed E-state index contributed by atoms with van der Waals surface area (Å²) in [4.78, 5) is 49.7. The van der Waals surface area contributed by atoms with Gasteiger partial charge in [-0.25, -0.2) is 9.59 Å². The van der Waals surface area contributed by atoms with Crippen molar-refractivity contribution < 1.29 is 33.4 Å². The molecule has 3 N–H and O–H groups in total. The first-order chi connectivity index (χ1) is 16.4. The van der Waals surface area contributed by atoms with Crippen molar-refractivity contribution in [1.82, 2.24) is 5.32 Å². The van der Waals surface area contributed by atoms with Crippen molar-refractivity contribution in [2.24, 2.45) is 5.73 Å². The van der Waals surface area contributed by atoms with Gasteiger partial charge in [-0.05, 0) is 50.5 Å². The summed E-state index contributed by atoms with van der Waals surface area (Å²) < 4.78 is 15.2. The highest BCUT2D eigenvalue weighted by Gasteiger charge is 2.47. The van der Waals surface area contributed by atoms with E-state index in [9.17, 15) is 19.2 Å².